The Morgan fingerprint density at radius 1 is 1.28 bits per heavy atom. The van der Waals surface area contributed by atoms with Crippen molar-refractivity contribution in [2.75, 3.05) is 0 Å². The van der Waals surface area contributed by atoms with Crippen LogP contribution in [0.25, 0.3) is 0 Å². The zero-order valence-corrected chi connectivity index (χ0v) is 16.1. The quantitative estimate of drug-likeness (QED) is 0.529. The SMILES string of the molecule is Cc1ccc(S(=O)(=O)C(O)C2OC(N3C=NC4C(=O)N=C(N)N=C43)CC2O)cc1. The Kier molecular flexibility index (Phi) is 4.73. The van der Waals surface area contributed by atoms with E-state index in [0.29, 0.717) is 0 Å². The number of aryl methyl sites for hydroxylation is 1. The summed E-state index contributed by atoms with van der Waals surface area (Å²) >= 11 is 0. The number of nitrogens with two attached hydrogens (primary N) is 1. The monoisotopic (exact) mass is 421 g/mol. The van der Waals surface area contributed by atoms with Gasteiger partial charge in [-0.2, -0.15) is 9.98 Å². The second-order valence-corrected chi connectivity index (χ2v) is 9.00. The normalized spacial score (nSPS) is 30.2. The zero-order chi connectivity index (χ0) is 20.9. The number of nitrogens with zero attached hydrogens (tertiary/aromatic N) is 4. The molecule has 12 heteroatoms. The third-order valence-corrected chi connectivity index (χ3v) is 6.77. The van der Waals surface area contributed by atoms with Gasteiger partial charge in [-0.25, -0.2) is 8.42 Å². The molecule has 0 bridgehead atoms. The van der Waals surface area contributed by atoms with Crippen LogP contribution in [0.1, 0.15) is 12.0 Å². The summed E-state index contributed by atoms with van der Waals surface area (Å²) in [7, 11) is -4.17. The fraction of sp³-hybridized carbons (Fsp3) is 0.412. The third kappa shape index (κ3) is 3.33. The van der Waals surface area contributed by atoms with Gasteiger partial charge in [0, 0.05) is 6.42 Å². The van der Waals surface area contributed by atoms with Crippen molar-refractivity contribution in [3.05, 3.63) is 29.8 Å². The summed E-state index contributed by atoms with van der Waals surface area (Å²) in [4.78, 5) is 24.8. The maximum atomic E-state index is 12.7. The summed E-state index contributed by atoms with van der Waals surface area (Å²) < 4.78 is 31.1. The average molecular weight is 421 g/mol. The molecule has 0 saturated carbocycles. The molecule has 1 aromatic carbocycles. The highest BCUT2D eigenvalue weighted by molar-refractivity contribution is 7.92. The van der Waals surface area contributed by atoms with E-state index in [9.17, 15) is 23.4 Å². The lowest BCUT2D eigenvalue weighted by atomic mass is 10.1. The number of carbonyl (C=O) groups excluding carboxylic acids is 1. The first-order chi connectivity index (χ1) is 13.7. The van der Waals surface area contributed by atoms with Crippen LogP contribution in [0.5, 0.6) is 0 Å². The van der Waals surface area contributed by atoms with E-state index < -0.39 is 45.7 Å². The van der Waals surface area contributed by atoms with E-state index >= 15 is 0 Å². The van der Waals surface area contributed by atoms with Gasteiger partial charge < -0.3 is 20.7 Å². The van der Waals surface area contributed by atoms with E-state index in [4.69, 9.17) is 10.5 Å². The molecule has 5 atom stereocenters. The number of rotatable bonds is 4. The predicted octanol–water partition coefficient (Wildman–Crippen LogP) is -1.47. The minimum absolute atomic E-state index is 0.0336. The van der Waals surface area contributed by atoms with Gasteiger partial charge in [0.05, 0.1) is 17.3 Å². The zero-order valence-electron chi connectivity index (χ0n) is 15.3. The Morgan fingerprint density at radius 3 is 2.66 bits per heavy atom. The molecule has 11 nitrogen and oxygen atoms in total. The van der Waals surface area contributed by atoms with Gasteiger partial charge in [-0.15, -0.1) is 0 Å². The van der Waals surface area contributed by atoms with E-state index in [1.165, 1.54) is 23.4 Å². The molecule has 4 N–H and O–H groups in total. The summed E-state index contributed by atoms with van der Waals surface area (Å²) in [6.45, 7) is 1.81. The molecule has 1 aromatic rings. The summed E-state index contributed by atoms with van der Waals surface area (Å²) in [6, 6.07) is 5.03. The van der Waals surface area contributed by atoms with Crippen molar-refractivity contribution in [1.29, 1.82) is 0 Å². The minimum atomic E-state index is -4.17. The van der Waals surface area contributed by atoms with Crippen LogP contribution in [0.3, 0.4) is 0 Å². The molecule has 0 spiro atoms. The molecule has 0 radical (unpaired) electrons. The van der Waals surface area contributed by atoms with E-state index in [2.05, 4.69) is 15.0 Å². The fourth-order valence-corrected chi connectivity index (χ4v) is 4.78. The number of hydrogen-bond donors (Lipinski definition) is 3. The number of amides is 1. The van der Waals surface area contributed by atoms with E-state index in [0.717, 1.165) is 5.56 Å². The molecule has 5 unspecified atom stereocenters. The van der Waals surface area contributed by atoms with Crippen molar-refractivity contribution in [1.82, 2.24) is 4.90 Å². The number of aliphatic hydroxyl groups excluding tert-OH is 2. The molecule has 0 aromatic heterocycles. The number of benzene rings is 1. The van der Waals surface area contributed by atoms with Gasteiger partial charge in [-0.05, 0) is 19.1 Å². The molecule has 4 rings (SSSR count). The molecule has 1 fully saturated rings. The topological polar surface area (TPSA) is 167 Å². The number of ether oxygens (including phenoxy) is 1. The third-order valence-electron chi connectivity index (χ3n) is 4.93. The number of amidine groups is 1. The minimum Gasteiger partial charge on any atom is -0.390 e. The summed E-state index contributed by atoms with van der Waals surface area (Å²) in [5.74, 6) is -0.631. The maximum absolute atomic E-state index is 12.7. The number of sulfone groups is 1. The van der Waals surface area contributed by atoms with Gasteiger partial charge in [-0.1, -0.05) is 17.7 Å². The second kappa shape index (κ2) is 6.99. The van der Waals surface area contributed by atoms with Gasteiger partial charge in [-0.3, -0.25) is 14.7 Å². The summed E-state index contributed by atoms with van der Waals surface area (Å²) in [6.07, 6.45) is -2.29. The van der Waals surface area contributed by atoms with Crippen LogP contribution in [-0.4, -0.2) is 77.5 Å². The number of fused-ring (bicyclic) bond motifs is 1. The molecular formula is C17H19N5O6S. The number of aliphatic hydroxyl groups is 2. The van der Waals surface area contributed by atoms with Crippen LogP contribution in [0.4, 0.5) is 0 Å². The second-order valence-electron chi connectivity index (χ2n) is 6.96. The molecule has 1 amide bonds. The molecule has 1 saturated heterocycles. The van der Waals surface area contributed by atoms with Crippen molar-refractivity contribution in [2.24, 2.45) is 20.7 Å². The smallest absolute Gasteiger partial charge is 0.281 e. The molecule has 3 aliphatic rings. The van der Waals surface area contributed by atoms with Crippen LogP contribution in [0.15, 0.2) is 44.1 Å². The Labute approximate surface area is 166 Å². The standard InChI is InChI=1S/C17H19N5O6S/c1-8-2-4-9(5-3-8)29(26,27)16(25)13-10(23)6-11(28-13)22-7-19-12-14(22)20-17(18)21-15(12)24/h2-5,7,10-13,16,23,25H,6H2,1H3,(H2,18,21,24). The van der Waals surface area contributed by atoms with Gasteiger partial charge in [0.2, 0.25) is 15.8 Å². The Bertz CT molecular complexity index is 1030. The van der Waals surface area contributed by atoms with Crippen molar-refractivity contribution in [3.8, 4) is 0 Å². The van der Waals surface area contributed by atoms with Crippen molar-refractivity contribution < 1.29 is 28.2 Å². The summed E-state index contributed by atoms with van der Waals surface area (Å²) in [5.41, 5.74) is 4.41. The molecule has 3 aliphatic heterocycles. The van der Waals surface area contributed by atoms with Crippen LogP contribution in [-0.2, 0) is 19.4 Å². The first-order valence-corrected chi connectivity index (χ1v) is 10.3. The predicted molar refractivity (Wildman–Crippen MR) is 102 cm³/mol. The average Bonchev–Trinajstić information content (AvgIpc) is 3.25. The first kappa shape index (κ1) is 19.6. The molecular weight excluding hydrogens is 402 g/mol. The maximum Gasteiger partial charge on any atom is 0.281 e. The van der Waals surface area contributed by atoms with Gasteiger partial charge in [0.1, 0.15) is 12.3 Å². The molecule has 3 heterocycles. The van der Waals surface area contributed by atoms with Gasteiger partial charge in [0.15, 0.2) is 17.3 Å². The lowest BCUT2D eigenvalue weighted by molar-refractivity contribution is -0.117. The number of guanidine groups is 1. The lowest BCUT2D eigenvalue weighted by Gasteiger charge is -2.26. The summed E-state index contributed by atoms with van der Waals surface area (Å²) in [5, 5.41) is 20.9. The van der Waals surface area contributed by atoms with E-state index in [1.54, 1.807) is 12.1 Å². The van der Waals surface area contributed by atoms with Crippen LogP contribution in [0.2, 0.25) is 0 Å². The molecule has 154 valence electrons. The van der Waals surface area contributed by atoms with Crippen LogP contribution in [0, 0.1) is 6.92 Å². The number of aliphatic imine (C=N–C) groups is 3. The molecule has 0 aliphatic carbocycles. The lowest BCUT2D eigenvalue weighted by Crippen LogP contribution is -2.45. The van der Waals surface area contributed by atoms with Crippen molar-refractivity contribution in [2.45, 2.75) is 48.2 Å². The fourth-order valence-electron chi connectivity index (χ4n) is 3.39. The highest BCUT2D eigenvalue weighted by Gasteiger charge is 2.49. The first-order valence-electron chi connectivity index (χ1n) is 8.79. The van der Waals surface area contributed by atoms with Crippen molar-refractivity contribution >= 4 is 33.9 Å². The number of carbonyl (C=O) groups is 1. The number of hydrogen-bond acceptors (Lipinski definition) is 10. The van der Waals surface area contributed by atoms with Crippen LogP contribution < -0.4 is 5.73 Å². The van der Waals surface area contributed by atoms with Gasteiger partial charge in [0.25, 0.3) is 5.91 Å². The van der Waals surface area contributed by atoms with E-state index in [-0.39, 0.29) is 23.1 Å². The highest BCUT2D eigenvalue weighted by atomic mass is 32.2. The Morgan fingerprint density at radius 2 is 1.97 bits per heavy atom. The molecule has 29 heavy (non-hydrogen) atoms. The Hall–Kier alpha value is -2.67. The van der Waals surface area contributed by atoms with Crippen molar-refractivity contribution in [3.63, 3.8) is 0 Å². The highest BCUT2D eigenvalue weighted by Crippen LogP contribution is 2.31. The van der Waals surface area contributed by atoms with Crippen LogP contribution >= 0.6 is 0 Å². The van der Waals surface area contributed by atoms with E-state index in [1.807, 2.05) is 6.92 Å². The van der Waals surface area contributed by atoms with Gasteiger partial charge >= 0.3 is 0 Å². The largest absolute Gasteiger partial charge is 0.390 e. The Balaban J connectivity index is 1.55.